The van der Waals surface area contributed by atoms with Crippen LogP contribution in [0.1, 0.15) is 46.8 Å². The third kappa shape index (κ3) is 4.60. The molecule has 1 atom stereocenters. The highest BCUT2D eigenvalue weighted by molar-refractivity contribution is 5.93. The summed E-state index contributed by atoms with van der Waals surface area (Å²) in [6.07, 6.45) is 5.65. The van der Waals surface area contributed by atoms with Crippen molar-refractivity contribution in [2.45, 2.75) is 39.8 Å². The van der Waals surface area contributed by atoms with Crippen LogP contribution in [0.4, 0.5) is 0 Å². The number of benzene rings is 1. The molecule has 1 amide bonds. The molecule has 3 heterocycles. The van der Waals surface area contributed by atoms with E-state index >= 15 is 0 Å². The zero-order valence-electron chi connectivity index (χ0n) is 17.6. The number of aromatic nitrogens is 2. The molecule has 4 rings (SSSR count). The molecular weight excluding hydrogens is 376 g/mol. The van der Waals surface area contributed by atoms with Crippen LogP contribution in [0.2, 0.25) is 0 Å². The number of nitrogens with zero attached hydrogens (tertiary/aromatic N) is 3. The zero-order chi connectivity index (χ0) is 21.1. The molecule has 6 nitrogen and oxygen atoms in total. The molecule has 1 aliphatic heterocycles. The Morgan fingerprint density at radius 3 is 2.70 bits per heavy atom. The summed E-state index contributed by atoms with van der Waals surface area (Å²) < 4.78 is 1.42. The van der Waals surface area contributed by atoms with Crippen molar-refractivity contribution in [3.8, 4) is 0 Å². The molecule has 2 aromatic heterocycles. The minimum absolute atomic E-state index is 0.0499. The molecular formula is C24H28N4O2. The maximum atomic E-state index is 12.6. The summed E-state index contributed by atoms with van der Waals surface area (Å²) in [5, 5.41) is 2.84. The van der Waals surface area contributed by atoms with Gasteiger partial charge in [-0.1, -0.05) is 37.3 Å². The van der Waals surface area contributed by atoms with Gasteiger partial charge < -0.3 is 5.32 Å². The van der Waals surface area contributed by atoms with Gasteiger partial charge in [0, 0.05) is 32.0 Å². The Morgan fingerprint density at radius 1 is 1.17 bits per heavy atom. The van der Waals surface area contributed by atoms with Crippen molar-refractivity contribution < 1.29 is 4.79 Å². The number of pyridine rings is 1. The molecule has 0 saturated carbocycles. The Balaban J connectivity index is 1.38. The summed E-state index contributed by atoms with van der Waals surface area (Å²) in [4.78, 5) is 31.9. The first-order valence-electron chi connectivity index (χ1n) is 10.6. The number of carbonyl (C=O) groups is 1. The van der Waals surface area contributed by atoms with E-state index in [4.69, 9.17) is 0 Å². The number of rotatable bonds is 5. The zero-order valence-corrected chi connectivity index (χ0v) is 17.6. The molecule has 6 heteroatoms. The Hall–Kier alpha value is -2.99. The first kappa shape index (κ1) is 20.3. The lowest BCUT2D eigenvalue weighted by Gasteiger charge is -2.30. The van der Waals surface area contributed by atoms with Crippen molar-refractivity contribution in [2.75, 3.05) is 13.1 Å². The van der Waals surface area contributed by atoms with Crippen LogP contribution in [0, 0.1) is 12.8 Å². The smallest absolute Gasteiger partial charge is 0.270 e. The fraction of sp³-hybridized carbons (Fsp3) is 0.375. The largest absolute Gasteiger partial charge is 0.348 e. The standard InChI is InChI=1S/C24H28N4O2/c1-17-4-3-11-27(14-17)16-20-8-6-19(7-9-20)12-26-23(29)21-13-25-22-10-5-18(2)15-28(22)24(21)30/h5-10,13,15,17H,3-4,11-12,14,16H2,1-2H3,(H,26,29)/t17-/m1/s1. The van der Waals surface area contributed by atoms with E-state index in [1.165, 1.54) is 29.0 Å². The molecule has 156 valence electrons. The van der Waals surface area contributed by atoms with Crippen LogP contribution in [-0.4, -0.2) is 33.3 Å². The summed E-state index contributed by atoms with van der Waals surface area (Å²) in [6.45, 7) is 7.87. The molecule has 0 spiro atoms. The molecule has 0 unspecified atom stereocenters. The third-order valence-corrected chi connectivity index (χ3v) is 5.72. The quantitative estimate of drug-likeness (QED) is 0.709. The second-order valence-electron chi connectivity index (χ2n) is 8.39. The molecule has 0 bridgehead atoms. The highest BCUT2D eigenvalue weighted by Crippen LogP contribution is 2.18. The number of likely N-dealkylation sites (tertiary alicyclic amines) is 1. The Bertz CT molecular complexity index is 1100. The van der Waals surface area contributed by atoms with Gasteiger partial charge in [0.2, 0.25) is 0 Å². The van der Waals surface area contributed by atoms with E-state index in [1.54, 1.807) is 12.3 Å². The van der Waals surface area contributed by atoms with Gasteiger partial charge in [0.25, 0.3) is 11.5 Å². The summed E-state index contributed by atoms with van der Waals surface area (Å²) in [5.41, 5.74) is 3.44. The predicted octanol–water partition coefficient (Wildman–Crippen LogP) is 3.16. The number of aryl methyl sites for hydroxylation is 1. The second-order valence-corrected chi connectivity index (χ2v) is 8.39. The molecule has 1 aliphatic rings. The first-order valence-corrected chi connectivity index (χ1v) is 10.6. The van der Waals surface area contributed by atoms with Gasteiger partial charge in [-0.25, -0.2) is 4.98 Å². The summed E-state index contributed by atoms with van der Waals surface area (Å²) in [7, 11) is 0. The molecule has 1 N–H and O–H groups in total. The molecule has 0 radical (unpaired) electrons. The fourth-order valence-electron chi connectivity index (χ4n) is 4.07. The number of nitrogens with one attached hydrogen (secondary N) is 1. The maximum absolute atomic E-state index is 12.6. The minimum Gasteiger partial charge on any atom is -0.348 e. The Labute approximate surface area is 176 Å². The number of piperidine rings is 1. The van der Waals surface area contributed by atoms with Crippen LogP contribution >= 0.6 is 0 Å². The summed E-state index contributed by atoms with van der Waals surface area (Å²) in [5.74, 6) is 0.362. The number of carbonyl (C=O) groups excluding carboxylic acids is 1. The molecule has 30 heavy (non-hydrogen) atoms. The van der Waals surface area contributed by atoms with Gasteiger partial charge in [0.05, 0.1) is 0 Å². The highest BCUT2D eigenvalue weighted by atomic mass is 16.2. The van der Waals surface area contributed by atoms with Crippen LogP contribution in [0.25, 0.3) is 5.65 Å². The number of amides is 1. The Kier molecular flexibility index (Phi) is 5.95. The van der Waals surface area contributed by atoms with Gasteiger partial charge in [0.15, 0.2) is 0 Å². The van der Waals surface area contributed by atoms with Crippen molar-refractivity contribution in [2.24, 2.45) is 5.92 Å². The van der Waals surface area contributed by atoms with E-state index in [0.29, 0.717) is 12.2 Å². The van der Waals surface area contributed by atoms with Crippen LogP contribution in [-0.2, 0) is 13.1 Å². The third-order valence-electron chi connectivity index (χ3n) is 5.72. The maximum Gasteiger partial charge on any atom is 0.270 e. The van der Waals surface area contributed by atoms with Crippen LogP contribution in [0.5, 0.6) is 0 Å². The van der Waals surface area contributed by atoms with E-state index in [0.717, 1.165) is 36.7 Å². The lowest BCUT2D eigenvalue weighted by Crippen LogP contribution is -2.33. The lowest BCUT2D eigenvalue weighted by molar-refractivity contribution is 0.0949. The van der Waals surface area contributed by atoms with Crippen LogP contribution in [0.3, 0.4) is 0 Å². The normalized spacial score (nSPS) is 17.2. The van der Waals surface area contributed by atoms with Crippen LogP contribution in [0.15, 0.2) is 53.6 Å². The summed E-state index contributed by atoms with van der Waals surface area (Å²) in [6, 6.07) is 12.0. The van der Waals surface area contributed by atoms with Crippen molar-refractivity contribution in [3.63, 3.8) is 0 Å². The topological polar surface area (TPSA) is 66.7 Å². The molecule has 1 aromatic carbocycles. The molecule has 3 aromatic rings. The second kappa shape index (κ2) is 8.79. The fourth-order valence-corrected chi connectivity index (χ4v) is 4.07. The van der Waals surface area contributed by atoms with Gasteiger partial charge in [-0.3, -0.25) is 18.9 Å². The van der Waals surface area contributed by atoms with Crippen molar-refractivity contribution >= 4 is 11.6 Å². The van der Waals surface area contributed by atoms with Gasteiger partial charge in [0.1, 0.15) is 11.2 Å². The van der Waals surface area contributed by atoms with Crippen molar-refractivity contribution in [1.82, 2.24) is 19.6 Å². The lowest BCUT2D eigenvalue weighted by atomic mass is 9.99. The summed E-state index contributed by atoms with van der Waals surface area (Å²) >= 11 is 0. The monoisotopic (exact) mass is 404 g/mol. The Morgan fingerprint density at radius 2 is 1.93 bits per heavy atom. The van der Waals surface area contributed by atoms with Gasteiger partial charge >= 0.3 is 0 Å². The first-order chi connectivity index (χ1) is 14.5. The van der Waals surface area contributed by atoms with Gasteiger partial charge in [-0.15, -0.1) is 0 Å². The van der Waals surface area contributed by atoms with Gasteiger partial charge in [-0.05, 0) is 55.0 Å². The minimum atomic E-state index is -0.408. The van der Waals surface area contributed by atoms with Crippen molar-refractivity contribution in [3.05, 3.63) is 81.4 Å². The predicted molar refractivity (Wildman–Crippen MR) is 117 cm³/mol. The average molecular weight is 405 g/mol. The molecule has 1 fully saturated rings. The number of fused-ring (bicyclic) bond motifs is 1. The van der Waals surface area contributed by atoms with E-state index in [1.807, 2.05) is 25.1 Å². The number of hydrogen-bond donors (Lipinski definition) is 1. The van der Waals surface area contributed by atoms with E-state index in [-0.39, 0.29) is 11.1 Å². The number of hydrogen-bond acceptors (Lipinski definition) is 4. The van der Waals surface area contributed by atoms with E-state index < -0.39 is 5.91 Å². The molecule has 0 aliphatic carbocycles. The van der Waals surface area contributed by atoms with E-state index in [9.17, 15) is 9.59 Å². The van der Waals surface area contributed by atoms with Crippen LogP contribution < -0.4 is 10.9 Å². The highest BCUT2D eigenvalue weighted by Gasteiger charge is 2.16. The average Bonchev–Trinajstić information content (AvgIpc) is 2.74. The molecule has 1 saturated heterocycles. The van der Waals surface area contributed by atoms with E-state index in [2.05, 4.69) is 34.3 Å². The van der Waals surface area contributed by atoms with Crippen molar-refractivity contribution in [1.29, 1.82) is 0 Å². The van der Waals surface area contributed by atoms with Gasteiger partial charge in [-0.2, -0.15) is 0 Å². The SMILES string of the molecule is Cc1ccc2ncc(C(=O)NCc3ccc(CN4CCC[C@@H](C)C4)cc3)c(=O)n2c1.